The minimum Gasteiger partial charge on any atom is -0.338 e. The number of carbonyl (C=O) groups excluding carboxylic acids is 1. The summed E-state index contributed by atoms with van der Waals surface area (Å²) >= 11 is 9.57. The minimum atomic E-state index is 0. The maximum atomic E-state index is 12.7. The van der Waals surface area contributed by atoms with Crippen LogP contribution in [0.3, 0.4) is 0 Å². The van der Waals surface area contributed by atoms with Gasteiger partial charge in [-0.05, 0) is 56.0 Å². The number of piperidine rings is 1. The molecule has 2 fully saturated rings. The Morgan fingerprint density at radius 2 is 2.00 bits per heavy atom. The van der Waals surface area contributed by atoms with Gasteiger partial charge in [0.2, 0.25) is 0 Å². The summed E-state index contributed by atoms with van der Waals surface area (Å²) in [4.78, 5) is 14.6. The highest BCUT2D eigenvalue weighted by atomic mass is 79.9. The van der Waals surface area contributed by atoms with Gasteiger partial charge in [-0.25, -0.2) is 0 Å². The van der Waals surface area contributed by atoms with Crippen LogP contribution in [-0.4, -0.2) is 37.0 Å². The number of halogens is 3. The third-order valence-electron chi connectivity index (χ3n) is 4.55. The van der Waals surface area contributed by atoms with E-state index in [1.54, 1.807) is 6.07 Å². The maximum Gasteiger partial charge on any atom is 0.255 e. The van der Waals surface area contributed by atoms with Gasteiger partial charge in [-0.2, -0.15) is 0 Å². The summed E-state index contributed by atoms with van der Waals surface area (Å²) < 4.78 is 0.890. The molecule has 1 aromatic rings. The topological polar surface area (TPSA) is 32.3 Å². The van der Waals surface area contributed by atoms with Crippen molar-refractivity contribution in [2.75, 3.05) is 26.2 Å². The molecule has 0 atom stereocenters. The molecule has 0 radical (unpaired) electrons. The molecule has 0 bridgehead atoms. The van der Waals surface area contributed by atoms with Crippen LogP contribution in [0.5, 0.6) is 0 Å². The van der Waals surface area contributed by atoms with Crippen LogP contribution < -0.4 is 5.32 Å². The maximum absolute atomic E-state index is 12.7. The Hall–Kier alpha value is -0.290. The fourth-order valence-corrected chi connectivity index (χ4v) is 3.86. The number of amides is 1. The second-order valence-electron chi connectivity index (χ2n) is 5.85. The standard InChI is InChI=1S/C15H18BrClN2O.ClH/c16-11-1-2-13(17)12(9-11)14(20)19-8-5-15(10-19)3-6-18-7-4-15;/h1-2,9,18H,3-8,10H2;1H. The van der Waals surface area contributed by atoms with Crippen molar-refractivity contribution in [3.8, 4) is 0 Å². The Balaban J connectivity index is 0.00000161. The number of hydrogen-bond donors (Lipinski definition) is 1. The highest BCUT2D eigenvalue weighted by Gasteiger charge is 2.40. The van der Waals surface area contributed by atoms with E-state index >= 15 is 0 Å². The molecule has 0 aliphatic carbocycles. The third kappa shape index (κ3) is 3.55. The molecule has 6 heteroatoms. The summed E-state index contributed by atoms with van der Waals surface area (Å²) in [6.07, 6.45) is 3.46. The van der Waals surface area contributed by atoms with Crippen molar-refractivity contribution in [3.05, 3.63) is 33.3 Å². The van der Waals surface area contributed by atoms with E-state index in [-0.39, 0.29) is 18.3 Å². The summed E-state index contributed by atoms with van der Waals surface area (Å²) in [7, 11) is 0. The van der Waals surface area contributed by atoms with E-state index in [9.17, 15) is 4.79 Å². The van der Waals surface area contributed by atoms with Crippen LogP contribution in [0.1, 0.15) is 29.6 Å². The molecule has 1 aromatic carbocycles. The quantitative estimate of drug-likeness (QED) is 0.788. The SMILES string of the molecule is Cl.O=C(c1cc(Br)ccc1Cl)N1CCC2(CCNCC2)C1. The molecule has 1 N–H and O–H groups in total. The van der Waals surface area contributed by atoms with E-state index in [0.717, 1.165) is 37.1 Å². The number of likely N-dealkylation sites (tertiary alicyclic amines) is 1. The third-order valence-corrected chi connectivity index (χ3v) is 5.37. The van der Waals surface area contributed by atoms with Crippen molar-refractivity contribution >= 4 is 45.8 Å². The fraction of sp³-hybridized carbons (Fsp3) is 0.533. The van der Waals surface area contributed by atoms with Crippen LogP contribution in [0.15, 0.2) is 22.7 Å². The first kappa shape index (κ1) is 17.1. The average molecular weight is 394 g/mol. The van der Waals surface area contributed by atoms with E-state index in [1.165, 1.54) is 12.8 Å². The molecular weight excluding hydrogens is 375 g/mol. The molecule has 0 aromatic heterocycles. The second-order valence-corrected chi connectivity index (χ2v) is 7.17. The summed E-state index contributed by atoms with van der Waals surface area (Å²) in [6.45, 7) is 3.86. The smallest absolute Gasteiger partial charge is 0.255 e. The largest absolute Gasteiger partial charge is 0.338 e. The zero-order valence-corrected chi connectivity index (χ0v) is 14.9. The van der Waals surface area contributed by atoms with Crippen molar-refractivity contribution in [1.82, 2.24) is 10.2 Å². The second kappa shape index (κ2) is 6.86. The van der Waals surface area contributed by atoms with E-state index in [4.69, 9.17) is 11.6 Å². The van der Waals surface area contributed by atoms with Crippen molar-refractivity contribution in [1.29, 1.82) is 0 Å². The molecule has 2 aliphatic rings. The van der Waals surface area contributed by atoms with Crippen LogP contribution in [-0.2, 0) is 0 Å². The molecule has 2 aliphatic heterocycles. The summed E-state index contributed by atoms with van der Waals surface area (Å²) in [5.41, 5.74) is 0.936. The molecule has 116 valence electrons. The summed E-state index contributed by atoms with van der Waals surface area (Å²) in [6, 6.07) is 5.45. The number of nitrogens with one attached hydrogen (secondary N) is 1. The van der Waals surface area contributed by atoms with Gasteiger partial charge in [0.15, 0.2) is 0 Å². The highest BCUT2D eigenvalue weighted by Crippen LogP contribution is 2.39. The Kier molecular flexibility index (Phi) is 5.58. The lowest BCUT2D eigenvalue weighted by molar-refractivity contribution is 0.0762. The van der Waals surface area contributed by atoms with Gasteiger partial charge in [0.25, 0.3) is 5.91 Å². The van der Waals surface area contributed by atoms with Crippen LogP contribution in [0, 0.1) is 5.41 Å². The van der Waals surface area contributed by atoms with Gasteiger partial charge in [-0.3, -0.25) is 4.79 Å². The van der Waals surface area contributed by atoms with Gasteiger partial charge in [-0.1, -0.05) is 27.5 Å². The Morgan fingerprint density at radius 1 is 1.29 bits per heavy atom. The first-order valence-corrected chi connectivity index (χ1v) is 8.22. The lowest BCUT2D eigenvalue weighted by atomic mass is 9.78. The Bertz CT molecular complexity index is 532. The summed E-state index contributed by atoms with van der Waals surface area (Å²) in [5, 5.41) is 3.93. The molecule has 1 spiro atoms. The predicted molar refractivity (Wildman–Crippen MR) is 91.5 cm³/mol. The van der Waals surface area contributed by atoms with E-state index in [0.29, 0.717) is 16.0 Å². The van der Waals surface area contributed by atoms with Crippen LogP contribution in [0.25, 0.3) is 0 Å². The number of benzene rings is 1. The molecule has 1 amide bonds. The number of carbonyl (C=O) groups is 1. The van der Waals surface area contributed by atoms with E-state index in [2.05, 4.69) is 21.2 Å². The number of nitrogens with zero attached hydrogens (tertiary/aromatic N) is 1. The molecule has 21 heavy (non-hydrogen) atoms. The lowest BCUT2D eigenvalue weighted by Crippen LogP contribution is -2.39. The number of rotatable bonds is 1. The molecule has 0 saturated carbocycles. The normalized spacial score (nSPS) is 20.4. The summed E-state index contributed by atoms with van der Waals surface area (Å²) in [5.74, 6) is 0.0618. The van der Waals surface area contributed by atoms with E-state index in [1.807, 2.05) is 17.0 Å². The Labute approximate surface area is 144 Å². The molecule has 3 nitrogen and oxygen atoms in total. The van der Waals surface area contributed by atoms with Gasteiger partial charge in [-0.15, -0.1) is 12.4 Å². The zero-order valence-electron chi connectivity index (χ0n) is 11.7. The van der Waals surface area contributed by atoms with Crippen LogP contribution in [0.4, 0.5) is 0 Å². The van der Waals surface area contributed by atoms with Gasteiger partial charge < -0.3 is 10.2 Å². The average Bonchev–Trinajstić information content (AvgIpc) is 2.85. The molecule has 2 heterocycles. The van der Waals surface area contributed by atoms with Gasteiger partial charge >= 0.3 is 0 Å². The number of hydrogen-bond acceptors (Lipinski definition) is 2. The highest BCUT2D eigenvalue weighted by molar-refractivity contribution is 9.10. The molecular formula is C15H19BrCl2N2O. The molecule has 2 saturated heterocycles. The van der Waals surface area contributed by atoms with Crippen molar-refractivity contribution < 1.29 is 4.79 Å². The molecule has 0 unspecified atom stereocenters. The fourth-order valence-electron chi connectivity index (χ4n) is 3.31. The van der Waals surface area contributed by atoms with Gasteiger partial charge in [0.1, 0.15) is 0 Å². The van der Waals surface area contributed by atoms with Crippen molar-refractivity contribution in [2.45, 2.75) is 19.3 Å². The van der Waals surface area contributed by atoms with Crippen LogP contribution in [0.2, 0.25) is 5.02 Å². The monoisotopic (exact) mass is 392 g/mol. The van der Waals surface area contributed by atoms with Gasteiger partial charge in [0, 0.05) is 17.6 Å². The Morgan fingerprint density at radius 3 is 2.71 bits per heavy atom. The minimum absolute atomic E-state index is 0. The molecule has 3 rings (SSSR count). The van der Waals surface area contributed by atoms with Crippen molar-refractivity contribution in [2.24, 2.45) is 5.41 Å². The van der Waals surface area contributed by atoms with E-state index < -0.39 is 0 Å². The lowest BCUT2D eigenvalue weighted by Gasteiger charge is -2.33. The first-order chi connectivity index (χ1) is 9.60. The first-order valence-electron chi connectivity index (χ1n) is 7.05. The zero-order chi connectivity index (χ0) is 14.2. The van der Waals surface area contributed by atoms with Crippen molar-refractivity contribution in [3.63, 3.8) is 0 Å². The van der Waals surface area contributed by atoms with Gasteiger partial charge in [0.05, 0.1) is 10.6 Å². The van der Waals surface area contributed by atoms with Crippen LogP contribution >= 0.6 is 39.9 Å². The predicted octanol–water partition coefficient (Wildman–Crippen LogP) is 3.74.